The Morgan fingerprint density at radius 1 is 1.56 bits per heavy atom. The van der Waals surface area contributed by atoms with Crippen LogP contribution in [-0.2, 0) is 0 Å². The number of halogens is 1. The maximum absolute atomic E-state index is 11.3. The molecule has 86 valence electrons. The van der Waals surface area contributed by atoms with Crippen LogP contribution in [0.15, 0.2) is 12.1 Å². The molecule has 0 N–H and O–H groups in total. The first kappa shape index (κ1) is 12.9. The number of ketones is 1. The summed E-state index contributed by atoms with van der Waals surface area (Å²) in [4.78, 5) is 21.5. The summed E-state index contributed by atoms with van der Waals surface area (Å²) in [6.45, 7) is 3.52. The zero-order valence-electron chi connectivity index (χ0n) is 8.82. The Morgan fingerprint density at radius 2 is 2.19 bits per heavy atom. The van der Waals surface area contributed by atoms with Gasteiger partial charge in [-0.2, -0.15) is 0 Å². The van der Waals surface area contributed by atoms with E-state index >= 15 is 0 Å². The van der Waals surface area contributed by atoms with Crippen LogP contribution in [0.1, 0.15) is 24.2 Å². The van der Waals surface area contributed by atoms with Crippen molar-refractivity contribution in [2.45, 2.75) is 13.8 Å². The molecule has 16 heavy (non-hydrogen) atoms. The molecule has 1 aromatic rings. The van der Waals surface area contributed by atoms with E-state index < -0.39 is 4.92 Å². The summed E-state index contributed by atoms with van der Waals surface area (Å²) in [5, 5.41) is 10.7. The van der Waals surface area contributed by atoms with Crippen molar-refractivity contribution < 1.29 is 14.5 Å². The maximum atomic E-state index is 11.3. The highest BCUT2D eigenvalue weighted by molar-refractivity contribution is 14.1. The van der Waals surface area contributed by atoms with E-state index in [1.165, 1.54) is 19.1 Å². The van der Waals surface area contributed by atoms with Crippen molar-refractivity contribution >= 4 is 34.1 Å². The van der Waals surface area contributed by atoms with E-state index in [9.17, 15) is 14.9 Å². The Hall–Kier alpha value is -1.18. The third-order valence-electron chi connectivity index (χ3n) is 1.92. The molecule has 0 saturated carbocycles. The number of nitro benzene ring substituents is 1. The van der Waals surface area contributed by atoms with Gasteiger partial charge in [-0.25, -0.2) is 0 Å². The minimum atomic E-state index is -0.492. The van der Waals surface area contributed by atoms with Gasteiger partial charge in [0.2, 0.25) is 0 Å². The molecule has 6 heteroatoms. The summed E-state index contributed by atoms with van der Waals surface area (Å²) >= 11 is 1.83. The van der Waals surface area contributed by atoms with Crippen molar-refractivity contribution in [3.05, 3.63) is 31.4 Å². The number of rotatable bonds is 4. The van der Waals surface area contributed by atoms with Crippen LogP contribution >= 0.6 is 22.6 Å². The summed E-state index contributed by atoms with van der Waals surface area (Å²) in [5.41, 5.74) is 0.325. The van der Waals surface area contributed by atoms with Crippen molar-refractivity contribution in [1.29, 1.82) is 0 Å². The fourth-order valence-corrected chi connectivity index (χ4v) is 1.90. The quantitative estimate of drug-likeness (QED) is 0.367. The molecule has 0 fully saturated rings. The van der Waals surface area contributed by atoms with Gasteiger partial charge in [0.15, 0.2) is 5.78 Å². The second kappa shape index (κ2) is 5.24. The van der Waals surface area contributed by atoms with Gasteiger partial charge in [0.1, 0.15) is 5.75 Å². The minimum absolute atomic E-state index is 0.0472. The van der Waals surface area contributed by atoms with Crippen LogP contribution in [0.4, 0.5) is 5.69 Å². The van der Waals surface area contributed by atoms with E-state index in [1.807, 2.05) is 22.6 Å². The van der Waals surface area contributed by atoms with E-state index in [0.717, 1.165) is 0 Å². The number of hydrogen-bond acceptors (Lipinski definition) is 4. The van der Waals surface area contributed by atoms with E-state index in [1.54, 1.807) is 6.92 Å². The van der Waals surface area contributed by atoms with Crippen molar-refractivity contribution in [3.63, 3.8) is 0 Å². The molecule has 0 atom stereocenters. The van der Waals surface area contributed by atoms with Crippen LogP contribution in [-0.4, -0.2) is 17.3 Å². The van der Waals surface area contributed by atoms with Crippen LogP contribution in [0.5, 0.6) is 5.75 Å². The van der Waals surface area contributed by atoms with E-state index in [2.05, 4.69) is 0 Å². The van der Waals surface area contributed by atoms with Crippen molar-refractivity contribution in [2.75, 3.05) is 6.61 Å². The molecule has 0 amide bonds. The van der Waals surface area contributed by atoms with Crippen molar-refractivity contribution in [3.8, 4) is 5.75 Å². The van der Waals surface area contributed by atoms with Gasteiger partial charge in [0.25, 0.3) is 5.69 Å². The lowest BCUT2D eigenvalue weighted by atomic mass is 10.1. The second-order valence-electron chi connectivity index (χ2n) is 3.05. The van der Waals surface area contributed by atoms with Gasteiger partial charge in [-0.15, -0.1) is 0 Å². The first-order valence-electron chi connectivity index (χ1n) is 4.59. The van der Waals surface area contributed by atoms with Crippen LogP contribution in [0, 0.1) is 13.7 Å². The molecule has 0 unspecified atom stereocenters. The van der Waals surface area contributed by atoms with E-state index in [0.29, 0.717) is 15.7 Å². The lowest BCUT2D eigenvalue weighted by molar-refractivity contribution is -0.385. The highest BCUT2D eigenvalue weighted by Gasteiger charge is 2.19. The summed E-state index contributed by atoms with van der Waals surface area (Å²) in [6.07, 6.45) is 0. The van der Waals surface area contributed by atoms with E-state index in [4.69, 9.17) is 4.74 Å². The van der Waals surface area contributed by atoms with Crippen LogP contribution < -0.4 is 4.74 Å². The Bertz CT molecular complexity index is 445. The summed E-state index contributed by atoms with van der Waals surface area (Å²) in [5.74, 6) is 0.0957. The van der Waals surface area contributed by atoms with Crippen molar-refractivity contribution in [1.82, 2.24) is 0 Å². The molecule has 0 aliphatic carbocycles. The lowest BCUT2D eigenvalue weighted by Gasteiger charge is -2.08. The Balaban J connectivity index is 3.36. The molecular formula is C10H10INO4. The fourth-order valence-electron chi connectivity index (χ4n) is 1.23. The topological polar surface area (TPSA) is 69.4 Å². The molecule has 0 saturated heterocycles. The molecule has 0 radical (unpaired) electrons. The molecule has 1 rings (SSSR count). The van der Waals surface area contributed by atoms with Crippen LogP contribution in [0.2, 0.25) is 0 Å². The lowest BCUT2D eigenvalue weighted by Crippen LogP contribution is -2.03. The summed E-state index contributed by atoms with van der Waals surface area (Å²) in [7, 11) is 0. The van der Waals surface area contributed by atoms with Gasteiger partial charge in [-0.05, 0) is 42.5 Å². The molecule has 0 aliphatic heterocycles. The van der Waals surface area contributed by atoms with Crippen LogP contribution in [0.3, 0.4) is 0 Å². The zero-order valence-corrected chi connectivity index (χ0v) is 11.0. The molecule has 0 aromatic heterocycles. The number of ether oxygens (including phenoxy) is 1. The zero-order chi connectivity index (χ0) is 12.3. The number of carbonyl (C=O) groups is 1. The SMILES string of the molecule is CCOc1cc([N+](=O)[O-])c(I)cc1C(C)=O. The highest BCUT2D eigenvalue weighted by atomic mass is 127. The van der Waals surface area contributed by atoms with Gasteiger partial charge in [0, 0.05) is 0 Å². The van der Waals surface area contributed by atoms with Crippen LogP contribution in [0.25, 0.3) is 0 Å². The fraction of sp³-hybridized carbons (Fsp3) is 0.300. The number of hydrogen-bond donors (Lipinski definition) is 0. The molecular weight excluding hydrogens is 325 g/mol. The summed E-state index contributed by atoms with van der Waals surface area (Å²) in [6, 6.07) is 2.77. The average molecular weight is 335 g/mol. The summed E-state index contributed by atoms with van der Waals surface area (Å²) < 4.78 is 5.64. The standard InChI is InChI=1S/C10H10INO4/c1-3-16-10-5-9(12(14)15)8(11)4-7(10)6(2)13/h4-5H,3H2,1-2H3. The van der Waals surface area contributed by atoms with Crippen molar-refractivity contribution in [2.24, 2.45) is 0 Å². The first-order chi connectivity index (χ1) is 7.47. The van der Waals surface area contributed by atoms with Gasteiger partial charge in [-0.3, -0.25) is 14.9 Å². The largest absolute Gasteiger partial charge is 0.493 e. The van der Waals surface area contributed by atoms with Gasteiger partial charge in [-0.1, -0.05) is 0 Å². The number of nitrogens with zero attached hydrogens (tertiary/aromatic N) is 1. The number of benzene rings is 1. The van der Waals surface area contributed by atoms with Gasteiger partial charge >= 0.3 is 0 Å². The predicted octanol–water partition coefficient (Wildman–Crippen LogP) is 2.80. The molecule has 0 bridgehead atoms. The predicted molar refractivity (Wildman–Crippen MR) is 67.0 cm³/mol. The molecule has 0 heterocycles. The minimum Gasteiger partial charge on any atom is -0.493 e. The van der Waals surface area contributed by atoms with Gasteiger partial charge in [0.05, 0.1) is 26.7 Å². The highest BCUT2D eigenvalue weighted by Crippen LogP contribution is 2.30. The number of nitro groups is 1. The third-order valence-corrected chi connectivity index (χ3v) is 2.79. The van der Waals surface area contributed by atoms with E-state index in [-0.39, 0.29) is 17.2 Å². The second-order valence-corrected chi connectivity index (χ2v) is 4.21. The molecule has 0 spiro atoms. The Morgan fingerprint density at radius 3 is 2.62 bits per heavy atom. The molecule has 0 aliphatic rings. The monoisotopic (exact) mass is 335 g/mol. The maximum Gasteiger partial charge on any atom is 0.286 e. The smallest absolute Gasteiger partial charge is 0.286 e. The third kappa shape index (κ3) is 2.69. The first-order valence-corrected chi connectivity index (χ1v) is 5.67. The van der Waals surface area contributed by atoms with Gasteiger partial charge < -0.3 is 4.74 Å². The molecule has 1 aromatic carbocycles. The molecule has 5 nitrogen and oxygen atoms in total. The normalized spacial score (nSPS) is 9.94. The number of Topliss-reactive ketones (excluding diaryl/α,β-unsaturated/α-hetero) is 1. The average Bonchev–Trinajstić information content (AvgIpc) is 2.19. The Labute approximate surface area is 106 Å². The Kier molecular flexibility index (Phi) is 4.22. The number of carbonyl (C=O) groups excluding carboxylic acids is 1.